The van der Waals surface area contributed by atoms with Gasteiger partial charge in [-0.1, -0.05) is 109 Å². The topological polar surface area (TPSA) is 86.8 Å². The number of nitrogens with two attached hydrogens (primary N) is 1. The number of benzene rings is 4. The first-order valence-corrected chi connectivity index (χ1v) is 18.9. The molecule has 280 valence electrons. The van der Waals surface area contributed by atoms with Gasteiger partial charge in [0.15, 0.2) is 0 Å². The predicted molar refractivity (Wildman–Crippen MR) is 242 cm³/mol. The number of nitrogen functional groups attached to an aromatic ring is 1. The number of hydrogen-bond donors (Lipinski definition) is 4. The first-order chi connectivity index (χ1) is 26.8. The molecule has 6 heteroatoms. The molecular weight excluding hydrogens is 673 g/mol. The van der Waals surface area contributed by atoms with Crippen molar-refractivity contribution >= 4 is 45.4 Å². The highest BCUT2D eigenvalue weighted by Crippen LogP contribution is 2.35. The van der Waals surface area contributed by atoms with Crippen LogP contribution in [0.15, 0.2) is 173 Å². The zero-order chi connectivity index (χ0) is 39.2. The standard InChI is InChI=1S/C49H54N6/c1-8-17-38(45-33-43(52-6)29-31-47(45)53-7)23-22-34(2)35(3)54-49(41-26-24-39(25-27-41)44-32-42(51-5)28-30-46(44)50)48(40-20-13-10-9-11-14-21-40)55-36(4)37-18-15-12-16-19-37/h8-13,15-20,22-33,51-53H,14,21,50H2,1-7H3/b11-9-,13-10-,17-8-,34-22+,38-23+,40-20+,49-48-,54-35+,55-36?. The summed E-state index contributed by atoms with van der Waals surface area (Å²) in [4.78, 5) is 10.9. The molecule has 0 saturated carbocycles. The zero-order valence-electron chi connectivity index (χ0n) is 33.2. The molecule has 5 N–H and O–H groups in total. The number of rotatable bonds is 13. The molecule has 0 fully saturated rings. The molecule has 6 nitrogen and oxygen atoms in total. The molecule has 0 radical (unpaired) electrons. The smallest absolute Gasteiger partial charge is 0.0964 e. The van der Waals surface area contributed by atoms with E-state index in [0.717, 1.165) is 103 Å². The highest BCUT2D eigenvalue weighted by molar-refractivity contribution is 6.03. The normalized spacial score (nSPS) is 16.7. The van der Waals surface area contributed by atoms with E-state index in [2.05, 4.69) is 164 Å². The van der Waals surface area contributed by atoms with Crippen LogP contribution < -0.4 is 21.7 Å². The summed E-state index contributed by atoms with van der Waals surface area (Å²) in [5.41, 5.74) is 22.2. The lowest BCUT2D eigenvalue weighted by Crippen LogP contribution is -2.03. The molecule has 4 aromatic carbocycles. The lowest BCUT2D eigenvalue weighted by atomic mass is 9.97. The van der Waals surface area contributed by atoms with Gasteiger partial charge in [-0.15, -0.1) is 0 Å². The molecule has 0 aliphatic heterocycles. The summed E-state index contributed by atoms with van der Waals surface area (Å²) in [6.45, 7) is 8.31. The Morgan fingerprint density at radius 3 is 2.15 bits per heavy atom. The molecule has 4 aromatic rings. The molecule has 0 amide bonds. The SMILES string of the molecule is C\C=C/C(=C\C=C(C)\C(C)=N\C(=C(N=C(C)c1ccccc1)\C1=C\C=C/C=C\CC1)c1ccc(-c2cc(NC)ccc2N)cc1)c1cc(NC)ccc1NC. The molecule has 0 bridgehead atoms. The van der Waals surface area contributed by atoms with Crippen molar-refractivity contribution in [2.24, 2.45) is 9.98 Å². The van der Waals surface area contributed by atoms with Gasteiger partial charge in [-0.3, -0.25) is 9.98 Å². The Morgan fingerprint density at radius 1 is 0.709 bits per heavy atom. The maximum absolute atomic E-state index is 6.48. The van der Waals surface area contributed by atoms with E-state index in [0.29, 0.717) is 0 Å². The third kappa shape index (κ3) is 10.4. The van der Waals surface area contributed by atoms with Crippen molar-refractivity contribution in [1.29, 1.82) is 0 Å². The quantitative estimate of drug-likeness (QED) is 0.0628. The second kappa shape index (κ2) is 19.6. The Labute approximate surface area is 328 Å². The van der Waals surface area contributed by atoms with Gasteiger partial charge >= 0.3 is 0 Å². The van der Waals surface area contributed by atoms with Crippen LogP contribution in [0.4, 0.5) is 22.7 Å². The van der Waals surface area contributed by atoms with E-state index in [1.807, 2.05) is 46.3 Å². The maximum atomic E-state index is 6.48. The second-order valence-electron chi connectivity index (χ2n) is 13.4. The van der Waals surface area contributed by atoms with E-state index in [-0.39, 0.29) is 0 Å². The van der Waals surface area contributed by atoms with Crippen molar-refractivity contribution < 1.29 is 0 Å². The molecule has 1 aliphatic carbocycles. The summed E-state index contributed by atoms with van der Waals surface area (Å²) in [5.74, 6) is 0. The molecule has 1 aliphatic rings. The van der Waals surface area contributed by atoms with Crippen LogP contribution >= 0.6 is 0 Å². The molecule has 0 unspecified atom stereocenters. The summed E-state index contributed by atoms with van der Waals surface area (Å²) >= 11 is 0. The third-order valence-corrected chi connectivity index (χ3v) is 9.64. The van der Waals surface area contributed by atoms with Crippen LogP contribution in [-0.2, 0) is 0 Å². The largest absolute Gasteiger partial charge is 0.398 e. The van der Waals surface area contributed by atoms with Crippen molar-refractivity contribution in [3.8, 4) is 11.1 Å². The number of hydrogen-bond acceptors (Lipinski definition) is 6. The van der Waals surface area contributed by atoms with Crippen LogP contribution in [0, 0.1) is 0 Å². The average molecular weight is 727 g/mol. The van der Waals surface area contributed by atoms with Crippen LogP contribution in [0.2, 0.25) is 0 Å². The number of nitrogens with one attached hydrogen (secondary N) is 3. The van der Waals surface area contributed by atoms with E-state index < -0.39 is 0 Å². The van der Waals surface area contributed by atoms with Crippen molar-refractivity contribution in [2.45, 2.75) is 40.5 Å². The number of anilines is 4. The number of allylic oxidation sites excluding steroid dienone is 12. The minimum Gasteiger partial charge on any atom is -0.398 e. The van der Waals surface area contributed by atoms with Crippen LogP contribution in [0.1, 0.15) is 57.2 Å². The molecule has 0 saturated heterocycles. The van der Waals surface area contributed by atoms with Gasteiger partial charge < -0.3 is 21.7 Å². The van der Waals surface area contributed by atoms with E-state index in [4.69, 9.17) is 15.7 Å². The monoisotopic (exact) mass is 726 g/mol. The highest BCUT2D eigenvalue weighted by Gasteiger charge is 2.17. The highest BCUT2D eigenvalue weighted by atomic mass is 14.9. The van der Waals surface area contributed by atoms with Crippen LogP contribution in [0.25, 0.3) is 22.4 Å². The van der Waals surface area contributed by atoms with E-state index in [9.17, 15) is 0 Å². The van der Waals surface area contributed by atoms with Gasteiger partial charge in [0.25, 0.3) is 0 Å². The molecule has 0 aromatic heterocycles. The first kappa shape index (κ1) is 39.8. The van der Waals surface area contributed by atoms with Gasteiger partial charge in [-0.25, -0.2) is 0 Å². The van der Waals surface area contributed by atoms with E-state index >= 15 is 0 Å². The zero-order valence-corrected chi connectivity index (χ0v) is 33.2. The summed E-state index contributed by atoms with van der Waals surface area (Å²) in [5, 5.41) is 9.86. The van der Waals surface area contributed by atoms with Crippen molar-refractivity contribution in [2.75, 3.05) is 42.8 Å². The van der Waals surface area contributed by atoms with Gasteiger partial charge in [0.05, 0.1) is 11.4 Å². The minimum absolute atomic E-state index is 0.727. The van der Waals surface area contributed by atoms with Crippen LogP contribution in [0.5, 0.6) is 0 Å². The van der Waals surface area contributed by atoms with E-state index in [1.54, 1.807) is 0 Å². The number of nitrogens with zero attached hydrogens (tertiary/aromatic N) is 2. The van der Waals surface area contributed by atoms with Crippen molar-refractivity contribution in [3.05, 3.63) is 179 Å². The predicted octanol–water partition coefficient (Wildman–Crippen LogP) is 12.1. The Bertz CT molecular complexity index is 2240. The summed E-state index contributed by atoms with van der Waals surface area (Å²) in [6, 6.07) is 31.2. The van der Waals surface area contributed by atoms with Gasteiger partial charge in [0, 0.05) is 72.0 Å². The fraction of sp³-hybridized carbons (Fsp3) is 0.184. The maximum Gasteiger partial charge on any atom is 0.0964 e. The lowest BCUT2D eigenvalue weighted by molar-refractivity contribution is 0.974. The Hall–Kier alpha value is -6.40. The fourth-order valence-corrected chi connectivity index (χ4v) is 6.30. The van der Waals surface area contributed by atoms with Crippen LogP contribution in [0.3, 0.4) is 0 Å². The molecule has 5 rings (SSSR count). The minimum atomic E-state index is 0.727. The fourth-order valence-electron chi connectivity index (χ4n) is 6.30. The van der Waals surface area contributed by atoms with Gasteiger partial charge in [-0.05, 0) is 105 Å². The molecule has 55 heavy (non-hydrogen) atoms. The molecular formula is C49H54N6. The summed E-state index contributed by atoms with van der Waals surface area (Å²) in [7, 11) is 5.81. The Kier molecular flexibility index (Phi) is 14.2. The second-order valence-corrected chi connectivity index (χ2v) is 13.4. The molecule has 0 heterocycles. The molecule has 0 spiro atoms. The van der Waals surface area contributed by atoms with Gasteiger partial charge in [-0.2, -0.15) is 0 Å². The van der Waals surface area contributed by atoms with Crippen molar-refractivity contribution in [1.82, 2.24) is 0 Å². The number of aliphatic imine (C=N–C) groups is 2. The van der Waals surface area contributed by atoms with Gasteiger partial charge in [0.2, 0.25) is 0 Å². The first-order valence-electron chi connectivity index (χ1n) is 18.9. The van der Waals surface area contributed by atoms with Crippen LogP contribution in [-0.4, -0.2) is 32.6 Å². The average Bonchev–Trinajstić information content (AvgIpc) is 3.21. The lowest BCUT2D eigenvalue weighted by Gasteiger charge is -2.16. The Balaban J connectivity index is 1.72. The third-order valence-electron chi connectivity index (χ3n) is 9.64. The molecule has 0 atom stereocenters. The van der Waals surface area contributed by atoms with Gasteiger partial charge in [0.1, 0.15) is 0 Å². The van der Waals surface area contributed by atoms with Crippen molar-refractivity contribution in [3.63, 3.8) is 0 Å². The van der Waals surface area contributed by atoms with E-state index in [1.165, 1.54) is 0 Å². The summed E-state index contributed by atoms with van der Waals surface area (Å²) in [6.07, 6.45) is 20.9. The Morgan fingerprint density at radius 2 is 1.44 bits per heavy atom. The summed E-state index contributed by atoms with van der Waals surface area (Å²) < 4.78 is 0.